The summed E-state index contributed by atoms with van der Waals surface area (Å²) < 4.78 is 10.8. The Morgan fingerprint density at radius 1 is 0.935 bits per heavy atom. The largest absolute Gasteiger partial charge is 0.454 e. The summed E-state index contributed by atoms with van der Waals surface area (Å²) in [6, 6.07) is 16.7. The summed E-state index contributed by atoms with van der Waals surface area (Å²) in [5.74, 6) is 2.25. The lowest BCUT2D eigenvalue weighted by molar-refractivity contribution is 0.174. The predicted octanol–water partition coefficient (Wildman–Crippen LogP) is 3.88. The van der Waals surface area contributed by atoms with Gasteiger partial charge in [-0.2, -0.15) is 0 Å². The Morgan fingerprint density at radius 3 is 2.52 bits per heavy atom. The van der Waals surface area contributed by atoms with Crippen LogP contribution in [-0.2, 0) is 0 Å². The highest BCUT2D eigenvalue weighted by Gasteiger charge is 2.23. The number of para-hydroxylation sites is 1. The van der Waals surface area contributed by atoms with E-state index >= 15 is 0 Å². The van der Waals surface area contributed by atoms with E-state index in [1.165, 1.54) is 0 Å². The van der Waals surface area contributed by atoms with E-state index in [1.54, 1.807) is 17.0 Å². The summed E-state index contributed by atoms with van der Waals surface area (Å²) >= 11 is 6.13. The van der Waals surface area contributed by atoms with Gasteiger partial charge in [-0.25, -0.2) is 4.79 Å². The summed E-state index contributed by atoms with van der Waals surface area (Å²) in [4.78, 5) is 16.4. The number of hydrogen-bond donors (Lipinski definition) is 1. The lowest BCUT2D eigenvalue weighted by Gasteiger charge is -2.35. The third-order valence-electron chi connectivity index (χ3n) is 5.33. The van der Waals surface area contributed by atoms with Crippen LogP contribution in [0.3, 0.4) is 0 Å². The Labute approximate surface area is 184 Å². The summed E-state index contributed by atoms with van der Waals surface area (Å²) in [5, 5.41) is 12.2. The number of ether oxygens (including phenoxy) is 2. The average Bonchev–Trinajstić information content (AvgIpc) is 3.29. The van der Waals surface area contributed by atoms with Crippen molar-refractivity contribution < 1.29 is 14.3 Å². The molecule has 8 nitrogen and oxygen atoms in total. The number of amides is 2. The molecule has 158 valence electrons. The first kappa shape index (κ1) is 19.4. The zero-order valence-electron chi connectivity index (χ0n) is 16.6. The van der Waals surface area contributed by atoms with E-state index in [4.69, 9.17) is 21.1 Å². The quantitative estimate of drug-likeness (QED) is 0.669. The zero-order valence-corrected chi connectivity index (χ0v) is 17.4. The van der Waals surface area contributed by atoms with Crippen molar-refractivity contribution in [3.63, 3.8) is 0 Å². The van der Waals surface area contributed by atoms with Gasteiger partial charge in [-0.1, -0.05) is 23.7 Å². The van der Waals surface area contributed by atoms with Crippen molar-refractivity contribution in [2.45, 2.75) is 0 Å². The molecule has 0 atom stereocenters. The van der Waals surface area contributed by atoms with Crippen molar-refractivity contribution in [3.05, 3.63) is 59.6 Å². The Hall–Kier alpha value is -3.52. The first-order valence-electron chi connectivity index (χ1n) is 9.96. The van der Waals surface area contributed by atoms with Crippen LogP contribution >= 0.6 is 11.6 Å². The minimum absolute atomic E-state index is 0.156. The van der Waals surface area contributed by atoms with Crippen LogP contribution in [0.25, 0.3) is 11.3 Å². The average molecular weight is 438 g/mol. The number of anilines is 2. The molecule has 31 heavy (non-hydrogen) atoms. The Bertz CT molecular complexity index is 1100. The molecule has 0 saturated carbocycles. The number of hydrogen-bond acceptors (Lipinski definition) is 6. The van der Waals surface area contributed by atoms with E-state index in [1.807, 2.05) is 42.5 Å². The van der Waals surface area contributed by atoms with Crippen LogP contribution in [0.2, 0.25) is 5.02 Å². The summed E-state index contributed by atoms with van der Waals surface area (Å²) in [6.07, 6.45) is 0. The molecule has 1 saturated heterocycles. The van der Waals surface area contributed by atoms with Gasteiger partial charge >= 0.3 is 6.03 Å². The van der Waals surface area contributed by atoms with Gasteiger partial charge < -0.3 is 24.6 Å². The molecule has 2 aliphatic rings. The topological polar surface area (TPSA) is 79.8 Å². The van der Waals surface area contributed by atoms with Crippen molar-refractivity contribution in [2.75, 3.05) is 43.2 Å². The third kappa shape index (κ3) is 4.06. The number of carbonyl (C=O) groups is 1. The van der Waals surface area contributed by atoms with Crippen LogP contribution in [0.4, 0.5) is 16.3 Å². The molecule has 5 rings (SSSR count). The molecule has 0 bridgehead atoms. The molecule has 0 unspecified atom stereocenters. The first-order valence-corrected chi connectivity index (χ1v) is 10.3. The standard InChI is InChI=1S/C22H20ClN5O3/c23-16-3-1-2-4-18(16)24-22(29)28-11-9-27(10-12-28)21-8-6-17(25-26-21)15-5-7-19-20(13-15)31-14-30-19/h1-8,13H,9-12,14H2,(H,24,29). The second kappa shape index (κ2) is 8.31. The van der Waals surface area contributed by atoms with E-state index in [2.05, 4.69) is 20.4 Å². The molecule has 0 radical (unpaired) electrons. The predicted molar refractivity (Wildman–Crippen MR) is 118 cm³/mol. The van der Waals surface area contributed by atoms with Crippen molar-refractivity contribution in [3.8, 4) is 22.8 Å². The number of rotatable bonds is 3. The van der Waals surface area contributed by atoms with Crippen LogP contribution in [0.15, 0.2) is 54.6 Å². The van der Waals surface area contributed by atoms with Gasteiger partial charge in [0.1, 0.15) is 0 Å². The Morgan fingerprint density at radius 2 is 1.74 bits per heavy atom. The van der Waals surface area contributed by atoms with Crippen LogP contribution in [0.5, 0.6) is 11.5 Å². The van der Waals surface area contributed by atoms with Gasteiger partial charge in [0.2, 0.25) is 6.79 Å². The lowest BCUT2D eigenvalue weighted by atomic mass is 10.1. The summed E-state index contributed by atoms with van der Waals surface area (Å²) in [6.45, 7) is 2.76. The minimum atomic E-state index is -0.156. The molecule has 1 N–H and O–H groups in total. The molecule has 9 heteroatoms. The highest BCUT2D eigenvalue weighted by Crippen LogP contribution is 2.35. The van der Waals surface area contributed by atoms with E-state index in [0.29, 0.717) is 36.9 Å². The summed E-state index contributed by atoms with van der Waals surface area (Å²) in [5.41, 5.74) is 2.30. The second-order valence-electron chi connectivity index (χ2n) is 7.23. The number of halogens is 1. The number of carbonyl (C=O) groups excluding carboxylic acids is 1. The zero-order chi connectivity index (χ0) is 21.2. The van der Waals surface area contributed by atoms with Crippen LogP contribution in [0.1, 0.15) is 0 Å². The molecule has 0 aliphatic carbocycles. The molecule has 2 amide bonds. The van der Waals surface area contributed by atoms with E-state index in [9.17, 15) is 4.79 Å². The van der Waals surface area contributed by atoms with Crippen molar-refractivity contribution in [1.82, 2.24) is 15.1 Å². The van der Waals surface area contributed by atoms with Crippen LogP contribution in [-0.4, -0.2) is 54.1 Å². The highest BCUT2D eigenvalue weighted by molar-refractivity contribution is 6.33. The van der Waals surface area contributed by atoms with Gasteiger partial charge in [-0.3, -0.25) is 0 Å². The number of benzene rings is 2. The van der Waals surface area contributed by atoms with E-state index in [-0.39, 0.29) is 12.8 Å². The third-order valence-corrected chi connectivity index (χ3v) is 5.65. The van der Waals surface area contributed by atoms with Gasteiger partial charge in [0, 0.05) is 31.7 Å². The number of nitrogens with zero attached hydrogens (tertiary/aromatic N) is 4. The second-order valence-corrected chi connectivity index (χ2v) is 7.64. The van der Waals surface area contributed by atoms with Crippen LogP contribution < -0.4 is 19.7 Å². The van der Waals surface area contributed by atoms with Crippen LogP contribution in [0, 0.1) is 0 Å². The number of aromatic nitrogens is 2. The number of urea groups is 1. The molecular formula is C22H20ClN5O3. The van der Waals surface area contributed by atoms with Gasteiger partial charge in [-0.15, -0.1) is 10.2 Å². The number of piperazine rings is 1. The highest BCUT2D eigenvalue weighted by atomic mass is 35.5. The fourth-order valence-corrected chi connectivity index (χ4v) is 3.78. The maximum absolute atomic E-state index is 12.5. The van der Waals surface area contributed by atoms with Crippen molar-refractivity contribution in [2.24, 2.45) is 0 Å². The fraction of sp³-hybridized carbons (Fsp3) is 0.227. The molecule has 1 fully saturated rings. The lowest BCUT2D eigenvalue weighted by Crippen LogP contribution is -2.50. The van der Waals surface area contributed by atoms with Gasteiger partial charge in [0.25, 0.3) is 0 Å². The molecule has 2 aliphatic heterocycles. The number of nitrogens with one attached hydrogen (secondary N) is 1. The Kier molecular flexibility index (Phi) is 5.21. The molecule has 3 aromatic rings. The van der Waals surface area contributed by atoms with Gasteiger partial charge in [-0.05, 0) is 42.5 Å². The Balaban J connectivity index is 1.20. The fourth-order valence-electron chi connectivity index (χ4n) is 3.60. The minimum Gasteiger partial charge on any atom is -0.454 e. The molecular weight excluding hydrogens is 418 g/mol. The molecule has 0 spiro atoms. The van der Waals surface area contributed by atoms with E-state index in [0.717, 1.165) is 28.6 Å². The van der Waals surface area contributed by atoms with E-state index < -0.39 is 0 Å². The molecule has 2 aromatic carbocycles. The normalized spacial score (nSPS) is 15.1. The summed E-state index contributed by atoms with van der Waals surface area (Å²) in [7, 11) is 0. The maximum Gasteiger partial charge on any atom is 0.322 e. The number of fused-ring (bicyclic) bond motifs is 1. The smallest absolute Gasteiger partial charge is 0.322 e. The van der Waals surface area contributed by atoms with Gasteiger partial charge in [0.05, 0.1) is 16.4 Å². The van der Waals surface area contributed by atoms with Gasteiger partial charge in [0.15, 0.2) is 17.3 Å². The monoisotopic (exact) mass is 437 g/mol. The first-order chi connectivity index (χ1) is 15.2. The SMILES string of the molecule is O=C(Nc1ccccc1Cl)N1CCN(c2ccc(-c3ccc4c(c3)OCO4)nn2)CC1. The molecule has 3 heterocycles. The van der Waals surface area contributed by atoms with Crippen molar-refractivity contribution >= 4 is 29.1 Å². The maximum atomic E-state index is 12.5. The molecule has 1 aromatic heterocycles. The van der Waals surface area contributed by atoms with Crippen molar-refractivity contribution in [1.29, 1.82) is 0 Å².